The van der Waals surface area contributed by atoms with E-state index >= 15 is 0 Å². The van der Waals surface area contributed by atoms with E-state index in [0.717, 1.165) is 11.8 Å². The fourth-order valence-electron chi connectivity index (χ4n) is 2.91. The van der Waals surface area contributed by atoms with Gasteiger partial charge in [0, 0.05) is 18.7 Å². The van der Waals surface area contributed by atoms with Crippen LogP contribution in [-0.4, -0.2) is 44.0 Å². The topological polar surface area (TPSA) is 116 Å². The van der Waals surface area contributed by atoms with E-state index in [1.807, 2.05) is 12.1 Å². The normalized spacial score (nSPS) is 17.0. The zero-order chi connectivity index (χ0) is 20.3. The lowest BCUT2D eigenvalue weighted by atomic mass is 10.2. The van der Waals surface area contributed by atoms with Gasteiger partial charge in [0.25, 0.3) is 10.1 Å². The Morgan fingerprint density at radius 3 is 2.21 bits per heavy atom. The summed E-state index contributed by atoms with van der Waals surface area (Å²) < 4.78 is 33.0. The summed E-state index contributed by atoms with van der Waals surface area (Å²) in [5, 5.41) is 0. The van der Waals surface area contributed by atoms with Gasteiger partial charge >= 0.3 is 0 Å². The lowest BCUT2D eigenvalue weighted by Gasteiger charge is -2.16. The third-order valence-corrected chi connectivity index (χ3v) is 4.78. The van der Waals surface area contributed by atoms with Crippen molar-refractivity contribution in [2.24, 2.45) is 5.73 Å². The molecule has 0 aromatic heterocycles. The van der Waals surface area contributed by atoms with E-state index in [9.17, 15) is 18.0 Å². The number of ether oxygens (including phenoxy) is 1. The number of primary amides is 1. The summed E-state index contributed by atoms with van der Waals surface area (Å²) in [6.07, 6.45) is 0.379. The summed E-state index contributed by atoms with van der Waals surface area (Å²) in [5.74, 6) is 0.509. The highest BCUT2D eigenvalue weighted by atomic mass is 32.2. The second-order valence-electron chi connectivity index (χ2n) is 6.54. The molecule has 28 heavy (non-hydrogen) atoms. The standard InChI is InChI=1S/C19H20N2O6S/c1-28(24,25)27-17-10-18(22)21(12-17)11-13-2-6-15(7-3-13)26-16-8-4-14(5-9-16)19(20)23/h2-9,17H,10-12H2,1H3,(H2,20,23). The van der Waals surface area contributed by atoms with E-state index in [1.54, 1.807) is 41.3 Å². The van der Waals surface area contributed by atoms with E-state index < -0.39 is 22.1 Å². The Morgan fingerprint density at radius 1 is 1.11 bits per heavy atom. The van der Waals surface area contributed by atoms with Crippen molar-refractivity contribution < 1.29 is 26.9 Å². The molecule has 2 aromatic carbocycles. The van der Waals surface area contributed by atoms with Gasteiger partial charge in [0.05, 0.1) is 12.7 Å². The Bertz CT molecular complexity index is 970. The van der Waals surface area contributed by atoms with Crippen molar-refractivity contribution in [3.05, 3.63) is 59.7 Å². The van der Waals surface area contributed by atoms with E-state index in [2.05, 4.69) is 0 Å². The van der Waals surface area contributed by atoms with Crippen molar-refractivity contribution in [1.82, 2.24) is 4.90 Å². The molecule has 1 atom stereocenters. The minimum absolute atomic E-state index is 0.0512. The Morgan fingerprint density at radius 2 is 1.68 bits per heavy atom. The molecule has 8 nitrogen and oxygen atoms in total. The van der Waals surface area contributed by atoms with Gasteiger partial charge in [-0.05, 0) is 42.0 Å². The van der Waals surface area contributed by atoms with Gasteiger partial charge in [0.15, 0.2) is 0 Å². The Labute approximate surface area is 163 Å². The predicted octanol–water partition coefficient (Wildman–Crippen LogP) is 1.65. The molecular formula is C19H20N2O6S. The fourth-order valence-corrected chi connectivity index (χ4v) is 3.53. The van der Waals surface area contributed by atoms with Gasteiger partial charge in [-0.2, -0.15) is 8.42 Å². The van der Waals surface area contributed by atoms with Crippen LogP contribution in [0, 0.1) is 0 Å². The smallest absolute Gasteiger partial charge is 0.264 e. The molecule has 2 N–H and O–H groups in total. The van der Waals surface area contributed by atoms with Crippen molar-refractivity contribution >= 4 is 21.9 Å². The van der Waals surface area contributed by atoms with E-state index in [-0.39, 0.29) is 18.9 Å². The number of benzene rings is 2. The lowest BCUT2D eigenvalue weighted by Crippen LogP contribution is -2.26. The van der Waals surface area contributed by atoms with Crippen LogP contribution in [-0.2, 0) is 25.6 Å². The molecule has 1 heterocycles. The van der Waals surface area contributed by atoms with Crippen LogP contribution in [0.4, 0.5) is 0 Å². The van der Waals surface area contributed by atoms with Crippen molar-refractivity contribution in [3.63, 3.8) is 0 Å². The summed E-state index contributed by atoms with van der Waals surface area (Å²) in [4.78, 5) is 24.7. The predicted molar refractivity (Wildman–Crippen MR) is 101 cm³/mol. The summed E-state index contributed by atoms with van der Waals surface area (Å²) >= 11 is 0. The average molecular weight is 404 g/mol. The highest BCUT2D eigenvalue weighted by molar-refractivity contribution is 7.86. The minimum atomic E-state index is -3.59. The summed E-state index contributed by atoms with van der Waals surface area (Å²) in [6.45, 7) is 0.590. The van der Waals surface area contributed by atoms with Crippen LogP contribution in [0.1, 0.15) is 22.3 Å². The van der Waals surface area contributed by atoms with E-state index in [1.165, 1.54) is 0 Å². The van der Waals surface area contributed by atoms with Gasteiger partial charge in [0.1, 0.15) is 17.6 Å². The maximum Gasteiger partial charge on any atom is 0.264 e. The third kappa shape index (κ3) is 5.30. The van der Waals surface area contributed by atoms with Crippen LogP contribution < -0.4 is 10.5 Å². The van der Waals surface area contributed by atoms with Crippen molar-refractivity contribution in [1.29, 1.82) is 0 Å². The lowest BCUT2D eigenvalue weighted by molar-refractivity contribution is -0.128. The van der Waals surface area contributed by atoms with Gasteiger partial charge in [-0.3, -0.25) is 13.8 Å². The van der Waals surface area contributed by atoms with Crippen molar-refractivity contribution in [2.45, 2.75) is 19.1 Å². The van der Waals surface area contributed by atoms with E-state index in [4.69, 9.17) is 14.7 Å². The molecule has 1 fully saturated rings. The maximum atomic E-state index is 12.1. The van der Waals surface area contributed by atoms with E-state index in [0.29, 0.717) is 23.6 Å². The first kappa shape index (κ1) is 19.8. The highest BCUT2D eigenvalue weighted by Crippen LogP contribution is 2.24. The number of nitrogens with two attached hydrogens (primary N) is 1. The average Bonchev–Trinajstić information content (AvgIpc) is 2.94. The second kappa shape index (κ2) is 7.99. The number of carbonyl (C=O) groups is 2. The third-order valence-electron chi connectivity index (χ3n) is 4.16. The molecule has 148 valence electrons. The van der Waals surface area contributed by atoms with Crippen LogP contribution in [0.25, 0.3) is 0 Å². The Kier molecular flexibility index (Phi) is 5.66. The fraction of sp³-hybridized carbons (Fsp3) is 0.263. The molecule has 9 heteroatoms. The van der Waals surface area contributed by atoms with Crippen LogP contribution in [0.5, 0.6) is 11.5 Å². The van der Waals surface area contributed by atoms with Crippen LogP contribution >= 0.6 is 0 Å². The minimum Gasteiger partial charge on any atom is -0.457 e. The summed E-state index contributed by atoms with van der Waals surface area (Å²) in [6, 6.07) is 13.7. The molecule has 3 rings (SSSR count). The molecule has 1 saturated heterocycles. The molecule has 0 aliphatic carbocycles. The van der Waals surface area contributed by atoms with Gasteiger partial charge in [0.2, 0.25) is 11.8 Å². The first-order valence-electron chi connectivity index (χ1n) is 8.52. The van der Waals surface area contributed by atoms with Gasteiger partial charge in [-0.15, -0.1) is 0 Å². The van der Waals surface area contributed by atoms with Crippen LogP contribution in [0.3, 0.4) is 0 Å². The monoisotopic (exact) mass is 404 g/mol. The molecule has 2 amide bonds. The number of nitrogens with zero attached hydrogens (tertiary/aromatic N) is 1. The Hall–Kier alpha value is -2.91. The highest BCUT2D eigenvalue weighted by Gasteiger charge is 2.32. The Balaban J connectivity index is 1.58. The van der Waals surface area contributed by atoms with Gasteiger partial charge in [-0.25, -0.2) is 0 Å². The van der Waals surface area contributed by atoms with Crippen LogP contribution in [0.2, 0.25) is 0 Å². The molecule has 0 saturated carbocycles. The first-order valence-corrected chi connectivity index (χ1v) is 10.3. The number of hydrogen-bond acceptors (Lipinski definition) is 6. The van der Waals surface area contributed by atoms with Gasteiger partial charge < -0.3 is 15.4 Å². The molecule has 2 aromatic rings. The number of likely N-dealkylation sites (tertiary alicyclic amines) is 1. The molecule has 0 bridgehead atoms. The molecular weight excluding hydrogens is 384 g/mol. The van der Waals surface area contributed by atoms with Crippen LogP contribution in [0.15, 0.2) is 48.5 Å². The molecule has 1 unspecified atom stereocenters. The zero-order valence-electron chi connectivity index (χ0n) is 15.2. The SMILES string of the molecule is CS(=O)(=O)OC1CC(=O)N(Cc2ccc(Oc3ccc(C(N)=O)cc3)cc2)C1. The maximum absolute atomic E-state index is 12.1. The van der Waals surface area contributed by atoms with Crippen molar-refractivity contribution in [2.75, 3.05) is 12.8 Å². The zero-order valence-corrected chi connectivity index (χ0v) is 16.0. The van der Waals surface area contributed by atoms with Crippen molar-refractivity contribution in [3.8, 4) is 11.5 Å². The number of amides is 2. The van der Waals surface area contributed by atoms with Gasteiger partial charge in [-0.1, -0.05) is 12.1 Å². The summed E-state index contributed by atoms with van der Waals surface area (Å²) in [5.41, 5.74) is 6.48. The second-order valence-corrected chi connectivity index (χ2v) is 8.14. The molecule has 1 aliphatic rings. The summed E-state index contributed by atoms with van der Waals surface area (Å²) in [7, 11) is -3.59. The number of rotatable bonds is 7. The molecule has 0 radical (unpaired) electrons. The molecule has 1 aliphatic heterocycles. The number of hydrogen-bond donors (Lipinski definition) is 1. The number of carbonyl (C=O) groups excluding carboxylic acids is 2. The molecule has 0 spiro atoms. The quantitative estimate of drug-likeness (QED) is 0.702. The first-order chi connectivity index (χ1) is 13.2. The largest absolute Gasteiger partial charge is 0.457 e.